The lowest BCUT2D eigenvalue weighted by molar-refractivity contribution is 0.0951. The number of hydrogen-bond donors (Lipinski definition) is 1. The molecule has 0 unspecified atom stereocenters. The van der Waals surface area contributed by atoms with Crippen molar-refractivity contribution in [2.24, 2.45) is 7.05 Å². The van der Waals surface area contributed by atoms with Gasteiger partial charge >= 0.3 is 0 Å². The number of nitrogens with one attached hydrogen (secondary N) is 1. The Morgan fingerprint density at radius 3 is 2.66 bits per heavy atom. The Labute approximate surface area is 186 Å². The highest BCUT2D eigenvalue weighted by Gasteiger charge is 2.24. The van der Waals surface area contributed by atoms with Crippen LogP contribution in [-0.2, 0) is 7.05 Å². The average molecular weight is 455 g/mol. The van der Waals surface area contributed by atoms with Crippen molar-refractivity contribution in [1.29, 1.82) is 0 Å². The number of fused-ring (bicyclic) bond motifs is 1. The quantitative estimate of drug-likeness (QED) is 0.502. The number of nitrogens with zero attached hydrogens (tertiary/aromatic N) is 3. The molecule has 1 aliphatic rings. The van der Waals surface area contributed by atoms with Crippen LogP contribution in [0, 0.1) is 11.6 Å². The molecule has 2 aromatic carbocycles. The molecule has 6 nitrogen and oxygen atoms in total. The van der Waals surface area contributed by atoms with E-state index in [1.54, 1.807) is 24.3 Å². The second kappa shape index (κ2) is 7.56. The Kier molecular flexibility index (Phi) is 4.82. The van der Waals surface area contributed by atoms with Gasteiger partial charge < -0.3 is 5.32 Å². The van der Waals surface area contributed by atoms with Gasteiger partial charge in [-0.25, -0.2) is 13.5 Å². The summed E-state index contributed by atoms with van der Waals surface area (Å²) in [6.45, 7) is 0. The smallest absolute Gasteiger partial charge is 0.259 e. The second-order valence-corrected chi connectivity index (χ2v) is 8.20. The van der Waals surface area contributed by atoms with E-state index < -0.39 is 17.2 Å². The molecule has 0 radical (unpaired) electrons. The molecule has 4 aromatic rings. The number of rotatable bonds is 4. The summed E-state index contributed by atoms with van der Waals surface area (Å²) in [5, 5.41) is 7.91. The molecule has 1 amide bonds. The lowest BCUT2D eigenvalue weighted by Gasteiger charge is -2.12. The van der Waals surface area contributed by atoms with E-state index in [0.29, 0.717) is 27.2 Å². The number of carbonyl (C=O) groups excluding carboxylic acids is 1. The number of aromatic nitrogens is 3. The first kappa shape index (κ1) is 20.4. The predicted molar refractivity (Wildman–Crippen MR) is 117 cm³/mol. The topological polar surface area (TPSA) is 68.9 Å². The van der Waals surface area contributed by atoms with E-state index in [1.807, 2.05) is 0 Å². The fraction of sp³-hybridized carbons (Fsp3) is 0.174. The van der Waals surface area contributed by atoms with Crippen LogP contribution in [0.15, 0.2) is 53.5 Å². The van der Waals surface area contributed by atoms with Gasteiger partial charge in [-0.2, -0.15) is 5.10 Å². The van der Waals surface area contributed by atoms with Crippen molar-refractivity contribution in [2.75, 3.05) is 0 Å². The van der Waals surface area contributed by atoms with Gasteiger partial charge in [-0.1, -0.05) is 11.6 Å². The van der Waals surface area contributed by atoms with Gasteiger partial charge in [0.25, 0.3) is 11.5 Å². The van der Waals surface area contributed by atoms with Crippen molar-refractivity contribution >= 4 is 28.5 Å². The molecule has 0 atom stereocenters. The lowest BCUT2D eigenvalue weighted by atomic mass is 10.0. The molecule has 9 heteroatoms. The Balaban J connectivity index is 1.66. The summed E-state index contributed by atoms with van der Waals surface area (Å²) in [4.78, 5) is 25.7. The highest BCUT2D eigenvalue weighted by molar-refractivity contribution is 6.33. The minimum absolute atomic E-state index is 0.112. The molecule has 2 heterocycles. The molecule has 162 valence electrons. The average Bonchev–Trinajstić information content (AvgIpc) is 3.48. The first-order chi connectivity index (χ1) is 15.3. The van der Waals surface area contributed by atoms with E-state index in [0.717, 1.165) is 31.0 Å². The normalized spacial score (nSPS) is 13.5. The van der Waals surface area contributed by atoms with E-state index in [-0.39, 0.29) is 23.2 Å². The van der Waals surface area contributed by atoms with Crippen LogP contribution in [0.5, 0.6) is 0 Å². The zero-order valence-corrected chi connectivity index (χ0v) is 17.7. The van der Waals surface area contributed by atoms with Gasteiger partial charge in [-0.3, -0.25) is 14.2 Å². The van der Waals surface area contributed by atoms with Crippen molar-refractivity contribution in [1.82, 2.24) is 19.7 Å². The van der Waals surface area contributed by atoms with Crippen molar-refractivity contribution in [3.63, 3.8) is 0 Å². The highest BCUT2D eigenvalue weighted by Crippen LogP contribution is 2.30. The zero-order valence-electron chi connectivity index (χ0n) is 16.9. The van der Waals surface area contributed by atoms with Gasteiger partial charge in [0, 0.05) is 46.3 Å². The van der Waals surface area contributed by atoms with Crippen LogP contribution >= 0.6 is 11.6 Å². The van der Waals surface area contributed by atoms with Crippen LogP contribution in [0.1, 0.15) is 23.2 Å². The van der Waals surface area contributed by atoms with Gasteiger partial charge in [0.15, 0.2) is 0 Å². The number of aryl methyl sites for hydroxylation is 1. The number of pyridine rings is 1. The molecular formula is C23H17ClF2N4O2. The van der Waals surface area contributed by atoms with E-state index in [1.165, 1.54) is 22.5 Å². The predicted octanol–water partition coefficient (Wildman–Crippen LogP) is 4.22. The van der Waals surface area contributed by atoms with Crippen molar-refractivity contribution in [3.05, 3.63) is 81.2 Å². The first-order valence-corrected chi connectivity index (χ1v) is 10.4. The molecule has 0 aliphatic heterocycles. The Morgan fingerprint density at radius 1 is 1.12 bits per heavy atom. The maximum absolute atomic E-state index is 14.3. The van der Waals surface area contributed by atoms with E-state index in [4.69, 9.17) is 11.6 Å². The second-order valence-electron chi connectivity index (χ2n) is 7.80. The van der Waals surface area contributed by atoms with Crippen LogP contribution in [0.2, 0.25) is 5.02 Å². The third-order valence-electron chi connectivity index (χ3n) is 5.49. The summed E-state index contributed by atoms with van der Waals surface area (Å²) >= 11 is 6.38. The largest absolute Gasteiger partial charge is 0.349 e. The molecule has 5 rings (SSSR count). The number of amides is 1. The molecule has 2 aromatic heterocycles. The van der Waals surface area contributed by atoms with Crippen molar-refractivity contribution < 1.29 is 13.6 Å². The van der Waals surface area contributed by atoms with Crippen LogP contribution in [-0.4, -0.2) is 26.3 Å². The van der Waals surface area contributed by atoms with Gasteiger partial charge in [-0.05, 0) is 49.2 Å². The van der Waals surface area contributed by atoms with Crippen molar-refractivity contribution in [2.45, 2.75) is 18.9 Å². The molecule has 0 spiro atoms. The van der Waals surface area contributed by atoms with E-state index >= 15 is 0 Å². The van der Waals surface area contributed by atoms with Crippen LogP contribution in [0.4, 0.5) is 8.78 Å². The van der Waals surface area contributed by atoms with Gasteiger partial charge in [0.2, 0.25) is 0 Å². The summed E-state index contributed by atoms with van der Waals surface area (Å²) in [7, 11) is 1.51. The highest BCUT2D eigenvalue weighted by atomic mass is 35.5. The standard InChI is InChI=1S/C23H17ClF2N4O2/c1-29-22-13(11-27-30(22)20-10-14(25)3-7-19(20)26)9-17(23(29)32)16-8-12(2-6-18(16)24)21(31)28-15-4-5-15/h2-3,6-11,15H,4-5H2,1H3,(H,28,31). The maximum Gasteiger partial charge on any atom is 0.259 e. The number of halogens is 3. The number of benzene rings is 2. The minimum Gasteiger partial charge on any atom is -0.349 e. The summed E-state index contributed by atoms with van der Waals surface area (Å²) in [6, 6.07) is 9.57. The summed E-state index contributed by atoms with van der Waals surface area (Å²) in [5.41, 5.74) is 0.836. The zero-order chi connectivity index (χ0) is 22.6. The fourth-order valence-electron chi connectivity index (χ4n) is 3.67. The Bertz CT molecular complexity index is 1460. The van der Waals surface area contributed by atoms with E-state index in [2.05, 4.69) is 10.4 Å². The summed E-state index contributed by atoms with van der Waals surface area (Å²) < 4.78 is 30.5. The molecule has 0 bridgehead atoms. The molecule has 0 saturated heterocycles. The number of hydrogen-bond acceptors (Lipinski definition) is 3. The van der Waals surface area contributed by atoms with Crippen LogP contribution < -0.4 is 10.9 Å². The number of carbonyl (C=O) groups is 1. The lowest BCUT2D eigenvalue weighted by Crippen LogP contribution is -2.25. The molecule has 1 fully saturated rings. The minimum atomic E-state index is -0.676. The van der Waals surface area contributed by atoms with Crippen LogP contribution in [0.3, 0.4) is 0 Å². The Hall–Kier alpha value is -3.52. The Morgan fingerprint density at radius 2 is 1.91 bits per heavy atom. The summed E-state index contributed by atoms with van der Waals surface area (Å²) in [6.07, 6.45) is 3.37. The van der Waals surface area contributed by atoms with Gasteiger partial charge in [0.05, 0.1) is 6.20 Å². The van der Waals surface area contributed by atoms with Gasteiger partial charge in [0.1, 0.15) is 23.0 Å². The summed E-state index contributed by atoms with van der Waals surface area (Å²) in [5.74, 6) is -1.53. The molecular weight excluding hydrogens is 438 g/mol. The third kappa shape index (κ3) is 3.46. The van der Waals surface area contributed by atoms with Crippen molar-refractivity contribution in [3.8, 4) is 16.8 Å². The molecule has 1 aliphatic carbocycles. The molecule has 1 saturated carbocycles. The third-order valence-corrected chi connectivity index (χ3v) is 5.82. The fourth-order valence-corrected chi connectivity index (χ4v) is 3.89. The molecule has 1 N–H and O–H groups in total. The first-order valence-electron chi connectivity index (χ1n) is 9.97. The monoisotopic (exact) mass is 454 g/mol. The van der Waals surface area contributed by atoms with Crippen LogP contribution in [0.25, 0.3) is 27.8 Å². The maximum atomic E-state index is 14.3. The van der Waals surface area contributed by atoms with E-state index in [9.17, 15) is 18.4 Å². The SMILES string of the molecule is Cn1c(=O)c(-c2cc(C(=O)NC3CC3)ccc2Cl)cc2cnn(-c3cc(F)ccc3F)c21. The van der Waals surface area contributed by atoms with Gasteiger partial charge in [-0.15, -0.1) is 0 Å². The molecule has 32 heavy (non-hydrogen) atoms.